The molecule has 1 atom stereocenters. The highest BCUT2D eigenvalue weighted by molar-refractivity contribution is 8.00. The van der Waals surface area contributed by atoms with Crippen molar-refractivity contribution in [1.29, 1.82) is 0 Å². The van der Waals surface area contributed by atoms with Gasteiger partial charge in [-0.05, 0) is 38.1 Å². The molecule has 0 spiro atoms. The number of nitrogens with one attached hydrogen (secondary N) is 1. The van der Waals surface area contributed by atoms with Crippen LogP contribution >= 0.6 is 34.4 Å². The van der Waals surface area contributed by atoms with Crippen LogP contribution in [0.5, 0.6) is 0 Å². The van der Waals surface area contributed by atoms with Crippen LogP contribution in [0.2, 0.25) is 0 Å². The Bertz CT molecular complexity index is 1000. The summed E-state index contributed by atoms with van der Waals surface area (Å²) < 4.78 is 1.68. The summed E-state index contributed by atoms with van der Waals surface area (Å²) in [7, 11) is 0. The first kappa shape index (κ1) is 17.8. The largest absolute Gasteiger partial charge is 0.352 e. The van der Waals surface area contributed by atoms with Crippen molar-refractivity contribution in [2.24, 2.45) is 0 Å². The van der Waals surface area contributed by atoms with Crippen molar-refractivity contribution in [3.8, 4) is 10.4 Å². The number of carbonyl (C=O) groups is 1. The lowest BCUT2D eigenvalue weighted by Crippen LogP contribution is -2.33. The second-order valence-electron chi connectivity index (χ2n) is 6.29. The van der Waals surface area contributed by atoms with E-state index < -0.39 is 0 Å². The molecule has 136 valence electrons. The van der Waals surface area contributed by atoms with Gasteiger partial charge < -0.3 is 5.32 Å². The first-order chi connectivity index (χ1) is 12.6. The second-order valence-corrected chi connectivity index (χ2v) is 9.41. The third-order valence-corrected chi connectivity index (χ3v) is 7.20. The Morgan fingerprint density at radius 2 is 2.27 bits per heavy atom. The fourth-order valence-electron chi connectivity index (χ4n) is 2.75. The number of hydrogen-bond acceptors (Lipinski definition) is 6. The van der Waals surface area contributed by atoms with Crippen LogP contribution in [0.1, 0.15) is 26.7 Å². The zero-order chi connectivity index (χ0) is 18.3. The van der Waals surface area contributed by atoms with Crippen LogP contribution in [0.15, 0.2) is 32.8 Å². The Labute approximate surface area is 163 Å². The van der Waals surface area contributed by atoms with Gasteiger partial charge in [-0.1, -0.05) is 17.8 Å². The molecule has 1 saturated carbocycles. The highest BCUT2D eigenvalue weighted by atomic mass is 32.2. The molecule has 5 nitrogen and oxygen atoms in total. The maximum atomic E-state index is 13.1. The molecule has 1 aliphatic rings. The number of fused-ring (bicyclic) bond motifs is 1. The van der Waals surface area contributed by atoms with Crippen molar-refractivity contribution >= 4 is 50.6 Å². The van der Waals surface area contributed by atoms with Gasteiger partial charge in [-0.25, -0.2) is 4.98 Å². The normalized spacial score (nSPS) is 15.3. The molecule has 1 aliphatic carbocycles. The van der Waals surface area contributed by atoms with Crippen molar-refractivity contribution in [1.82, 2.24) is 14.9 Å². The maximum absolute atomic E-state index is 13.1. The third kappa shape index (κ3) is 3.33. The van der Waals surface area contributed by atoms with Gasteiger partial charge in [0, 0.05) is 28.4 Å². The van der Waals surface area contributed by atoms with Gasteiger partial charge in [-0.3, -0.25) is 14.2 Å². The highest BCUT2D eigenvalue weighted by Gasteiger charge is 2.27. The molecule has 0 aromatic carbocycles. The number of aromatic nitrogens is 2. The molecule has 1 amide bonds. The molecular formula is C18H19N3O2S3. The van der Waals surface area contributed by atoms with E-state index in [0.29, 0.717) is 23.1 Å². The molecule has 3 heterocycles. The van der Waals surface area contributed by atoms with Crippen LogP contribution in [-0.4, -0.2) is 26.8 Å². The van der Waals surface area contributed by atoms with Crippen LogP contribution in [0.3, 0.4) is 0 Å². The molecule has 0 bridgehead atoms. The average Bonchev–Trinajstić information content (AvgIpc) is 3.11. The molecule has 1 fully saturated rings. The van der Waals surface area contributed by atoms with E-state index in [1.807, 2.05) is 36.7 Å². The summed E-state index contributed by atoms with van der Waals surface area (Å²) in [4.78, 5) is 31.9. The lowest BCUT2D eigenvalue weighted by atomic mass is 10.2. The Morgan fingerprint density at radius 3 is 2.92 bits per heavy atom. The molecule has 1 unspecified atom stereocenters. The van der Waals surface area contributed by atoms with E-state index in [-0.39, 0.29) is 16.7 Å². The number of thioether (sulfide) groups is 1. The van der Waals surface area contributed by atoms with E-state index in [0.717, 1.165) is 28.1 Å². The minimum atomic E-state index is -0.283. The van der Waals surface area contributed by atoms with Gasteiger partial charge in [-0.2, -0.15) is 0 Å². The topological polar surface area (TPSA) is 64.0 Å². The van der Waals surface area contributed by atoms with Gasteiger partial charge in [0.2, 0.25) is 5.91 Å². The smallest absolute Gasteiger partial charge is 0.263 e. The van der Waals surface area contributed by atoms with Crippen LogP contribution in [-0.2, 0) is 11.3 Å². The second kappa shape index (κ2) is 7.17. The predicted molar refractivity (Wildman–Crippen MR) is 109 cm³/mol. The summed E-state index contributed by atoms with van der Waals surface area (Å²) in [6.07, 6.45) is 2.13. The van der Waals surface area contributed by atoms with Crippen molar-refractivity contribution in [2.75, 3.05) is 0 Å². The Morgan fingerprint density at radius 1 is 1.46 bits per heavy atom. The highest BCUT2D eigenvalue weighted by Crippen LogP contribution is 2.35. The van der Waals surface area contributed by atoms with Gasteiger partial charge in [0.05, 0.1) is 10.6 Å². The van der Waals surface area contributed by atoms with Gasteiger partial charge in [0.15, 0.2) is 5.16 Å². The first-order valence-corrected chi connectivity index (χ1v) is 11.2. The molecule has 3 aromatic heterocycles. The predicted octanol–water partition coefficient (Wildman–Crippen LogP) is 3.97. The maximum Gasteiger partial charge on any atom is 0.263 e. The molecule has 1 N–H and O–H groups in total. The van der Waals surface area contributed by atoms with Crippen molar-refractivity contribution in [2.45, 2.75) is 49.7 Å². The van der Waals surface area contributed by atoms with Crippen LogP contribution in [0.4, 0.5) is 0 Å². The molecule has 3 aromatic rings. The Hall–Kier alpha value is -1.64. The summed E-state index contributed by atoms with van der Waals surface area (Å²) in [6.45, 7) is 4.33. The Kier molecular flexibility index (Phi) is 4.90. The third-order valence-electron chi connectivity index (χ3n) is 4.34. The lowest BCUT2D eigenvalue weighted by molar-refractivity contribution is -0.120. The summed E-state index contributed by atoms with van der Waals surface area (Å²) in [5.41, 5.74) is 0.926. The van der Waals surface area contributed by atoms with Gasteiger partial charge >= 0.3 is 0 Å². The van der Waals surface area contributed by atoms with Gasteiger partial charge in [0.1, 0.15) is 4.83 Å². The van der Waals surface area contributed by atoms with Gasteiger partial charge in [0.25, 0.3) is 5.56 Å². The van der Waals surface area contributed by atoms with Gasteiger partial charge in [-0.15, -0.1) is 22.7 Å². The lowest BCUT2D eigenvalue weighted by Gasteiger charge is -2.14. The van der Waals surface area contributed by atoms with E-state index in [1.54, 1.807) is 15.9 Å². The number of nitrogens with zero attached hydrogens (tertiary/aromatic N) is 2. The summed E-state index contributed by atoms with van der Waals surface area (Å²) in [5, 5.41) is 8.04. The van der Waals surface area contributed by atoms with Crippen molar-refractivity contribution in [3.05, 3.63) is 33.2 Å². The molecule has 26 heavy (non-hydrogen) atoms. The molecule has 4 rings (SSSR count). The average molecular weight is 406 g/mol. The zero-order valence-corrected chi connectivity index (χ0v) is 17.0. The van der Waals surface area contributed by atoms with Crippen LogP contribution in [0, 0.1) is 0 Å². The quantitative estimate of drug-likeness (QED) is 0.498. The summed E-state index contributed by atoms with van der Waals surface area (Å²) in [5.74, 6) is 0.0138. The monoisotopic (exact) mass is 405 g/mol. The minimum absolute atomic E-state index is 0.0138. The number of amides is 1. The summed E-state index contributed by atoms with van der Waals surface area (Å²) in [6, 6.07) is 4.34. The fraction of sp³-hybridized carbons (Fsp3) is 0.389. The van der Waals surface area contributed by atoms with Crippen molar-refractivity contribution < 1.29 is 4.79 Å². The zero-order valence-electron chi connectivity index (χ0n) is 14.5. The fourth-order valence-corrected chi connectivity index (χ4v) is 5.53. The van der Waals surface area contributed by atoms with E-state index in [1.165, 1.54) is 23.1 Å². The van der Waals surface area contributed by atoms with Crippen LogP contribution < -0.4 is 10.9 Å². The number of thiophene rings is 2. The van der Waals surface area contributed by atoms with E-state index in [2.05, 4.69) is 5.32 Å². The first-order valence-electron chi connectivity index (χ1n) is 8.61. The molecule has 0 aliphatic heterocycles. The number of rotatable bonds is 6. The Balaban J connectivity index is 1.71. The number of carbonyl (C=O) groups excluding carboxylic acids is 1. The summed E-state index contributed by atoms with van der Waals surface area (Å²) >= 11 is 4.46. The standard InChI is InChI=1S/C18H19N3O2S3/c1-3-21-17(23)14-12(13-5-4-8-24-13)9-25-16(14)20-18(21)26-10(2)15(22)19-11-6-7-11/h4-5,8-11H,3,6-7H2,1-2H3,(H,19,22). The SMILES string of the molecule is CCn1c(SC(C)C(=O)NC2CC2)nc2scc(-c3cccs3)c2c1=O. The number of hydrogen-bond donors (Lipinski definition) is 1. The molecular weight excluding hydrogens is 386 g/mol. The molecule has 8 heteroatoms. The minimum Gasteiger partial charge on any atom is -0.352 e. The van der Waals surface area contributed by atoms with Crippen molar-refractivity contribution in [3.63, 3.8) is 0 Å². The van der Waals surface area contributed by atoms with E-state index in [4.69, 9.17) is 4.98 Å². The van der Waals surface area contributed by atoms with Crippen LogP contribution in [0.25, 0.3) is 20.7 Å². The van der Waals surface area contributed by atoms with E-state index in [9.17, 15) is 9.59 Å². The molecule has 0 radical (unpaired) electrons. The molecule has 0 saturated heterocycles. The van der Waals surface area contributed by atoms with E-state index >= 15 is 0 Å².